The van der Waals surface area contributed by atoms with Crippen LogP contribution in [0.5, 0.6) is 0 Å². The van der Waals surface area contributed by atoms with Crippen LogP contribution in [-0.4, -0.2) is 67.6 Å². The Hall–Kier alpha value is -0.850. The number of alkyl carbamates (subject to hydrolysis) is 1. The molecule has 6 nitrogen and oxygen atoms in total. The normalized spacial score (nSPS) is 15.0. The maximum atomic E-state index is 11.4. The minimum Gasteiger partial charge on any atom is -0.444 e. The van der Waals surface area contributed by atoms with Crippen molar-refractivity contribution in [3.05, 3.63) is 0 Å². The van der Waals surface area contributed by atoms with Gasteiger partial charge >= 0.3 is 6.09 Å². The van der Waals surface area contributed by atoms with E-state index in [-0.39, 0.29) is 0 Å². The van der Waals surface area contributed by atoms with Gasteiger partial charge in [0.05, 0.1) is 5.60 Å². The van der Waals surface area contributed by atoms with Crippen molar-refractivity contribution in [1.82, 2.24) is 15.5 Å². The minimum atomic E-state index is -0.748. The lowest BCUT2D eigenvalue weighted by atomic mass is 10.1. The summed E-state index contributed by atoms with van der Waals surface area (Å²) in [4.78, 5) is 13.3. The molecule has 1 amide bonds. The number of likely N-dealkylation sites (N-methyl/N-ethyl adjacent to an activating group) is 1. The quantitative estimate of drug-likeness (QED) is 0.577. The van der Waals surface area contributed by atoms with Crippen LogP contribution in [0.15, 0.2) is 0 Å². The molecule has 0 spiro atoms. The van der Waals surface area contributed by atoms with E-state index in [2.05, 4.69) is 10.6 Å². The summed E-state index contributed by atoms with van der Waals surface area (Å²) in [6.07, 6.45) is 0.397. The molecule has 1 atom stereocenters. The Morgan fingerprint density at radius 2 is 1.80 bits per heavy atom. The monoisotopic (exact) mass is 289 g/mol. The van der Waals surface area contributed by atoms with E-state index in [4.69, 9.17) is 4.74 Å². The largest absolute Gasteiger partial charge is 0.444 e. The topological polar surface area (TPSA) is 73.8 Å². The summed E-state index contributed by atoms with van der Waals surface area (Å²) in [5, 5.41) is 15.9. The molecule has 0 aromatic carbocycles. The summed E-state index contributed by atoms with van der Waals surface area (Å²) in [5.74, 6) is 0. The molecule has 0 bridgehead atoms. The molecule has 0 saturated carbocycles. The zero-order valence-electron chi connectivity index (χ0n) is 13.7. The molecule has 0 aromatic rings. The molecule has 0 aliphatic carbocycles. The first kappa shape index (κ1) is 19.1. The molecule has 20 heavy (non-hydrogen) atoms. The lowest BCUT2D eigenvalue weighted by Crippen LogP contribution is -2.46. The Kier molecular flexibility index (Phi) is 8.08. The Morgan fingerprint density at radius 3 is 2.30 bits per heavy atom. The molecule has 0 aliphatic rings. The van der Waals surface area contributed by atoms with Crippen molar-refractivity contribution < 1.29 is 14.6 Å². The van der Waals surface area contributed by atoms with Crippen molar-refractivity contribution in [3.8, 4) is 0 Å². The van der Waals surface area contributed by atoms with E-state index in [1.807, 2.05) is 39.8 Å². The van der Waals surface area contributed by atoms with Gasteiger partial charge in [-0.05, 0) is 54.8 Å². The molecule has 0 heterocycles. The van der Waals surface area contributed by atoms with Gasteiger partial charge < -0.3 is 25.4 Å². The highest BCUT2D eigenvalue weighted by molar-refractivity contribution is 5.67. The predicted molar refractivity (Wildman–Crippen MR) is 80.9 cm³/mol. The standard InChI is InChI=1S/C14H31N3O3/c1-13(2,3)20-12(18)16-9-7-8-15-10-14(4,19)11-17(5)6/h15,19H,7-11H2,1-6H3,(H,16,18). The summed E-state index contributed by atoms with van der Waals surface area (Å²) >= 11 is 0. The molecule has 120 valence electrons. The maximum Gasteiger partial charge on any atom is 0.407 e. The van der Waals surface area contributed by atoms with Crippen LogP contribution in [0.4, 0.5) is 4.79 Å². The number of rotatable bonds is 8. The molecule has 0 fully saturated rings. The number of hydrogen-bond donors (Lipinski definition) is 3. The van der Waals surface area contributed by atoms with Gasteiger partial charge in [-0.15, -0.1) is 0 Å². The number of amides is 1. The fourth-order valence-corrected chi connectivity index (χ4v) is 1.81. The van der Waals surface area contributed by atoms with Crippen LogP contribution < -0.4 is 10.6 Å². The first-order valence-corrected chi connectivity index (χ1v) is 7.06. The van der Waals surface area contributed by atoms with Gasteiger partial charge in [0.1, 0.15) is 5.60 Å². The van der Waals surface area contributed by atoms with E-state index in [0.29, 0.717) is 19.6 Å². The van der Waals surface area contributed by atoms with Gasteiger partial charge in [-0.1, -0.05) is 0 Å². The second-order valence-electron chi connectivity index (χ2n) is 6.69. The van der Waals surface area contributed by atoms with Crippen LogP contribution in [-0.2, 0) is 4.74 Å². The number of aliphatic hydroxyl groups is 1. The van der Waals surface area contributed by atoms with E-state index >= 15 is 0 Å². The van der Waals surface area contributed by atoms with Crippen LogP contribution in [0.1, 0.15) is 34.1 Å². The van der Waals surface area contributed by atoms with Gasteiger partial charge in [0.15, 0.2) is 0 Å². The zero-order valence-corrected chi connectivity index (χ0v) is 13.7. The molecule has 0 radical (unpaired) electrons. The molecule has 0 saturated heterocycles. The van der Waals surface area contributed by atoms with Gasteiger partial charge in [-0.25, -0.2) is 4.79 Å². The summed E-state index contributed by atoms with van der Waals surface area (Å²) in [6, 6.07) is 0. The van der Waals surface area contributed by atoms with Gasteiger partial charge in [0.25, 0.3) is 0 Å². The van der Waals surface area contributed by atoms with Crippen LogP contribution >= 0.6 is 0 Å². The Labute approximate surface area is 122 Å². The summed E-state index contributed by atoms with van der Waals surface area (Å²) in [5.41, 5.74) is -1.21. The highest BCUT2D eigenvalue weighted by atomic mass is 16.6. The fourth-order valence-electron chi connectivity index (χ4n) is 1.81. The van der Waals surface area contributed by atoms with Crippen molar-refractivity contribution in [2.24, 2.45) is 0 Å². The third kappa shape index (κ3) is 12.2. The second kappa shape index (κ2) is 8.44. The molecule has 3 N–H and O–H groups in total. The maximum absolute atomic E-state index is 11.4. The van der Waals surface area contributed by atoms with E-state index < -0.39 is 17.3 Å². The Bertz CT molecular complexity index is 286. The average Bonchev–Trinajstić information content (AvgIpc) is 2.18. The van der Waals surface area contributed by atoms with Crippen LogP contribution in [0.2, 0.25) is 0 Å². The Morgan fingerprint density at radius 1 is 1.20 bits per heavy atom. The minimum absolute atomic E-state index is 0.392. The van der Waals surface area contributed by atoms with E-state index in [9.17, 15) is 9.90 Å². The van der Waals surface area contributed by atoms with Crippen molar-refractivity contribution in [1.29, 1.82) is 0 Å². The molecular formula is C14H31N3O3. The average molecular weight is 289 g/mol. The third-order valence-corrected chi connectivity index (χ3v) is 2.36. The van der Waals surface area contributed by atoms with Gasteiger partial charge in [-0.3, -0.25) is 0 Å². The summed E-state index contributed by atoms with van der Waals surface area (Å²) in [6.45, 7) is 9.73. The van der Waals surface area contributed by atoms with Crippen molar-refractivity contribution in [3.63, 3.8) is 0 Å². The molecule has 0 rings (SSSR count). The highest BCUT2D eigenvalue weighted by Gasteiger charge is 2.20. The second-order valence-corrected chi connectivity index (χ2v) is 6.69. The van der Waals surface area contributed by atoms with E-state index in [0.717, 1.165) is 13.0 Å². The number of hydrogen-bond acceptors (Lipinski definition) is 5. The smallest absolute Gasteiger partial charge is 0.407 e. The lowest BCUT2D eigenvalue weighted by molar-refractivity contribution is 0.0337. The van der Waals surface area contributed by atoms with Gasteiger partial charge in [-0.2, -0.15) is 0 Å². The Balaban J connectivity index is 3.61. The zero-order chi connectivity index (χ0) is 15.8. The number of ether oxygens (including phenoxy) is 1. The van der Waals surface area contributed by atoms with E-state index in [1.54, 1.807) is 6.92 Å². The molecule has 6 heteroatoms. The summed E-state index contributed by atoms with van der Waals surface area (Å²) in [7, 11) is 3.86. The first-order valence-electron chi connectivity index (χ1n) is 7.06. The van der Waals surface area contributed by atoms with Gasteiger partial charge in [0, 0.05) is 19.6 Å². The fraction of sp³-hybridized carbons (Fsp3) is 0.929. The number of nitrogens with zero attached hydrogens (tertiary/aromatic N) is 1. The van der Waals surface area contributed by atoms with Crippen molar-refractivity contribution in [2.75, 3.05) is 40.3 Å². The molecule has 0 aromatic heterocycles. The van der Waals surface area contributed by atoms with Crippen molar-refractivity contribution in [2.45, 2.75) is 45.3 Å². The molecular weight excluding hydrogens is 258 g/mol. The van der Waals surface area contributed by atoms with Crippen LogP contribution in [0.25, 0.3) is 0 Å². The number of carbonyl (C=O) groups excluding carboxylic acids is 1. The third-order valence-electron chi connectivity index (χ3n) is 2.36. The van der Waals surface area contributed by atoms with Crippen LogP contribution in [0, 0.1) is 0 Å². The van der Waals surface area contributed by atoms with Crippen molar-refractivity contribution >= 4 is 6.09 Å². The number of carbonyl (C=O) groups is 1. The highest BCUT2D eigenvalue weighted by Crippen LogP contribution is 2.06. The SMILES string of the molecule is CN(C)CC(C)(O)CNCCCNC(=O)OC(C)(C)C. The lowest BCUT2D eigenvalue weighted by Gasteiger charge is -2.27. The summed E-state index contributed by atoms with van der Waals surface area (Å²) < 4.78 is 5.13. The number of nitrogens with one attached hydrogen (secondary N) is 2. The van der Waals surface area contributed by atoms with E-state index in [1.165, 1.54) is 0 Å². The van der Waals surface area contributed by atoms with Gasteiger partial charge in [0.2, 0.25) is 0 Å². The predicted octanol–water partition coefficient (Wildman–Crippen LogP) is 0.803. The molecule has 0 aliphatic heterocycles. The van der Waals surface area contributed by atoms with Crippen LogP contribution in [0.3, 0.4) is 0 Å². The molecule has 1 unspecified atom stereocenters. The first-order chi connectivity index (χ1) is 9.02.